The standard InChI is InChI=1S/C14H18N4O/c1-15-9-7-14(19)17-13-6-3-2-5-12(13)11-18-10-4-8-16-18/h2-6,8,10,15H,7,9,11H2,1H3,(H,17,19). The Morgan fingerprint density at radius 2 is 2.16 bits per heavy atom. The fourth-order valence-corrected chi connectivity index (χ4v) is 1.80. The average molecular weight is 258 g/mol. The van der Waals surface area contributed by atoms with Crippen molar-refractivity contribution in [2.24, 2.45) is 0 Å². The number of amides is 1. The van der Waals surface area contributed by atoms with Gasteiger partial charge in [0, 0.05) is 31.0 Å². The summed E-state index contributed by atoms with van der Waals surface area (Å²) in [6.45, 7) is 1.32. The minimum Gasteiger partial charge on any atom is -0.326 e. The van der Waals surface area contributed by atoms with E-state index in [1.807, 2.05) is 48.3 Å². The lowest BCUT2D eigenvalue weighted by Crippen LogP contribution is -2.19. The summed E-state index contributed by atoms with van der Waals surface area (Å²) in [7, 11) is 1.83. The summed E-state index contributed by atoms with van der Waals surface area (Å²) in [4.78, 5) is 11.8. The number of nitrogens with one attached hydrogen (secondary N) is 2. The molecular formula is C14H18N4O. The van der Waals surface area contributed by atoms with E-state index in [4.69, 9.17) is 0 Å². The maximum Gasteiger partial charge on any atom is 0.225 e. The van der Waals surface area contributed by atoms with Crippen LogP contribution in [0.25, 0.3) is 0 Å². The van der Waals surface area contributed by atoms with Gasteiger partial charge in [-0.15, -0.1) is 0 Å². The summed E-state index contributed by atoms with van der Waals surface area (Å²) in [6.07, 6.45) is 4.11. The number of hydrogen-bond acceptors (Lipinski definition) is 3. The second kappa shape index (κ2) is 6.70. The summed E-state index contributed by atoms with van der Waals surface area (Å²) < 4.78 is 1.83. The lowest BCUT2D eigenvalue weighted by atomic mass is 10.1. The first-order chi connectivity index (χ1) is 9.29. The molecule has 0 atom stereocenters. The molecule has 0 bridgehead atoms. The van der Waals surface area contributed by atoms with Crippen LogP contribution in [0.1, 0.15) is 12.0 Å². The van der Waals surface area contributed by atoms with E-state index in [0.717, 1.165) is 11.3 Å². The van der Waals surface area contributed by atoms with E-state index in [0.29, 0.717) is 19.5 Å². The predicted molar refractivity (Wildman–Crippen MR) is 74.9 cm³/mol. The van der Waals surface area contributed by atoms with Gasteiger partial charge in [0.1, 0.15) is 0 Å². The number of nitrogens with zero attached hydrogens (tertiary/aromatic N) is 2. The molecule has 0 saturated heterocycles. The van der Waals surface area contributed by atoms with Crippen LogP contribution in [-0.4, -0.2) is 29.3 Å². The Morgan fingerprint density at radius 3 is 2.89 bits per heavy atom. The molecule has 5 nitrogen and oxygen atoms in total. The zero-order valence-electron chi connectivity index (χ0n) is 11.0. The van der Waals surface area contributed by atoms with E-state index in [1.54, 1.807) is 6.20 Å². The monoisotopic (exact) mass is 258 g/mol. The Morgan fingerprint density at radius 1 is 1.32 bits per heavy atom. The fraction of sp³-hybridized carbons (Fsp3) is 0.286. The van der Waals surface area contributed by atoms with Crippen molar-refractivity contribution in [1.29, 1.82) is 0 Å². The first-order valence-corrected chi connectivity index (χ1v) is 6.29. The average Bonchev–Trinajstić information content (AvgIpc) is 2.91. The van der Waals surface area contributed by atoms with Gasteiger partial charge in [-0.05, 0) is 24.7 Å². The minimum atomic E-state index is 0.0160. The molecule has 0 aliphatic rings. The Hall–Kier alpha value is -2.14. The number of benzene rings is 1. The molecule has 0 unspecified atom stereocenters. The molecule has 1 amide bonds. The molecule has 1 heterocycles. The minimum absolute atomic E-state index is 0.0160. The highest BCUT2D eigenvalue weighted by Gasteiger charge is 2.06. The molecule has 2 aromatic rings. The molecule has 1 aromatic carbocycles. The van der Waals surface area contributed by atoms with Gasteiger partial charge in [0.15, 0.2) is 0 Å². The number of rotatable bonds is 6. The van der Waals surface area contributed by atoms with E-state index in [9.17, 15) is 4.79 Å². The smallest absolute Gasteiger partial charge is 0.225 e. The summed E-state index contributed by atoms with van der Waals surface area (Å²) >= 11 is 0. The normalized spacial score (nSPS) is 10.4. The van der Waals surface area contributed by atoms with Crippen molar-refractivity contribution in [3.63, 3.8) is 0 Å². The van der Waals surface area contributed by atoms with Crippen LogP contribution in [0.3, 0.4) is 0 Å². The zero-order valence-corrected chi connectivity index (χ0v) is 11.0. The molecule has 1 aromatic heterocycles. The van der Waals surface area contributed by atoms with Crippen LogP contribution >= 0.6 is 0 Å². The molecule has 5 heteroatoms. The van der Waals surface area contributed by atoms with E-state index < -0.39 is 0 Å². The molecule has 0 radical (unpaired) electrons. The van der Waals surface area contributed by atoms with Crippen molar-refractivity contribution in [3.8, 4) is 0 Å². The maximum absolute atomic E-state index is 11.8. The molecule has 0 fully saturated rings. The molecule has 2 rings (SSSR count). The SMILES string of the molecule is CNCCC(=O)Nc1ccccc1Cn1cccn1. The molecule has 0 spiro atoms. The van der Waals surface area contributed by atoms with Gasteiger partial charge in [0.05, 0.1) is 6.54 Å². The Bertz CT molecular complexity index is 522. The molecule has 19 heavy (non-hydrogen) atoms. The largest absolute Gasteiger partial charge is 0.326 e. The summed E-state index contributed by atoms with van der Waals surface area (Å²) in [5.41, 5.74) is 1.89. The van der Waals surface area contributed by atoms with Gasteiger partial charge in [-0.3, -0.25) is 9.48 Å². The molecular weight excluding hydrogens is 240 g/mol. The number of aromatic nitrogens is 2. The van der Waals surface area contributed by atoms with Crippen LogP contribution in [0.4, 0.5) is 5.69 Å². The van der Waals surface area contributed by atoms with E-state index >= 15 is 0 Å². The maximum atomic E-state index is 11.8. The topological polar surface area (TPSA) is 59.0 Å². The zero-order chi connectivity index (χ0) is 13.5. The van der Waals surface area contributed by atoms with E-state index in [2.05, 4.69) is 15.7 Å². The predicted octanol–water partition coefficient (Wildman–Crippen LogP) is 1.48. The lowest BCUT2D eigenvalue weighted by Gasteiger charge is -2.11. The van der Waals surface area contributed by atoms with Crippen LogP contribution in [0, 0.1) is 0 Å². The number of carbonyl (C=O) groups is 1. The quantitative estimate of drug-likeness (QED) is 0.825. The highest BCUT2D eigenvalue weighted by Crippen LogP contribution is 2.16. The van der Waals surface area contributed by atoms with Crippen molar-refractivity contribution in [2.75, 3.05) is 18.9 Å². The number of carbonyl (C=O) groups excluding carboxylic acids is 1. The summed E-state index contributed by atoms with van der Waals surface area (Å²) in [6, 6.07) is 9.67. The second-order valence-corrected chi connectivity index (χ2v) is 4.26. The van der Waals surface area contributed by atoms with Gasteiger partial charge in [0.2, 0.25) is 5.91 Å². The number of para-hydroxylation sites is 1. The molecule has 0 aliphatic heterocycles. The van der Waals surface area contributed by atoms with Crippen LogP contribution < -0.4 is 10.6 Å². The van der Waals surface area contributed by atoms with Crippen molar-refractivity contribution in [3.05, 3.63) is 48.3 Å². The lowest BCUT2D eigenvalue weighted by molar-refractivity contribution is -0.116. The van der Waals surface area contributed by atoms with Crippen LogP contribution in [0.2, 0.25) is 0 Å². The van der Waals surface area contributed by atoms with E-state index in [1.165, 1.54) is 0 Å². The van der Waals surface area contributed by atoms with Crippen molar-refractivity contribution < 1.29 is 4.79 Å². The Labute approximate surface area is 112 Å². The number of anilines is 1. The van der Waals surface area contributed by atoms with Crippen molar-refractivity contribution in [2.45, 2.75) is 13.0 Å². The first-order valence-electron chi connectivity index (χ1n) is 6.29. The third kappa shape index (κ3) is 3.93. The van der Waals surface area contributed by atoms with E-state index in [-0.39, 0.29) is 5.91 Å². The van der Waals surface area contributed by atoms with Crippen molar-refractivity contribution in [1.82, 2.24) is 15.1 Å². The van der Waals surface area contributed by atoms with Crippen LogP contribution in [0.15, 0.2) is 42.7 Å². The summed E-state index contributed by atoms with van der Waals surface area (Å²) in [5.74, 6) is 0.0160. The van der Waals surface area contributed by atoms with Gasteiger partial charge >= 0.3 is 0 Å². The van der Waals surface area contributed by atoms with Crippen LogP contribution in [-0.2, 0) is 11.3 Å². The first kappa shape index (κ1) is 13.3. The van der Waals surface area contributed by atoms with Gasteiger partial charge < -0.3 is 10.6 Å². The molecule has 100 valence electrons. The third-order valence-corrected chi connectivity index (χ3v) is 2.79. The van der Waals surface area contributed by atoms with Gasteiger partial charge in [0.25, 0.3) is 0 Å². The fourth-order valence-electron chi connectivity index (χ4n) is 1.80. The van der Waals surface area contributed by atoms with Crippen LogP contribution in [0.5, 0.6) is 0 Å². The Balaban J connectivity index is 2.05. The molecule has 0 saturated carbocycles. The van der Waals surface area contributed by atoms with Crippen molar-refractivity contribution >= 4 is 11.6 Å². The number of hydrogen-bond donors (Lipinski definition) is 2. The van der Waals surface area contributed by atoms with Gasteiger partial charge in [-0.25, -0.2) is 0 Å². The molecule has 0 aliphatic carbocycles. The second-order valence-electron chi connectivity index (χ2n) is 4.26. The third-order valence-electron chi connectivity index (χ3n) is 2.79. The highest BCUT2D eigenvalue weighted by atomic mass is 16.1. The Kier molecular flexibility index (Phi) is 4.69. The summed E-state index contributed by atoms with van der Waals surface area (Å²) in [5, 5.41) is 10.1. The van der Waals surface area contributed by atoms with Gasteiger partial charge in [-0.2, -0.15) is 5.10 Å². The molecule has 2 N–H and O–H groups in total. The van der Waals surface area contributed by atoms with Gasteiger partial charge in [-0.1, -0.05) is 18.2 Å². The highest BCUT2D eigenvalue weighted by molar-refractivity contribution is 5.91.